The molecule has 0 nitrogen and oxygen atoms in total. The minimum absolute atomic E-state index is 0.504. The van der Waals surface area contributed by atoms with Crippen molar-refractivity contribution in [3.8, 4) is 11.1 Å². The van der Waals surface area contributed by atoms with E-state index in [1.807, 2.05) is 0 Å². The van der Waals surface area contributed by atoms with Gasteiger partial charge in [-0.25, -0.2) is 0 Å². The third-order valence-corrected chi connectivity index (χ3v) is 15.6. The van der Waals surface area contributed by atoms with Gasteiger partial charge in [-0.05, 0) is 56.1 Å². The molecule has 0 aliphatic rings. The maximum absolute atomic E-state index is 2.37. The third kappa shape index (κ3) is 6.52. The molecule has 0 saturated carbocycles. The van der Waals surface area contributed by atoms with E-state index in [1.165, 1.54) is 63.7 Å². The summed E-state index contributed by atoms with van der Waals surface area (Å²) in [6, 6.07) is 76.3. The molecule has 49 heavy (non-hydrogen) atoms. The second kappa shape index (κ2) is 14.6. The maximum atomic E-state index is 2.37. The number of fused-ring (bicyclic) bond motifs is 1. The van der Waals surface area contributed by atoms with Crippen molar-refractivity contribution in [2.24, 2.45) is 0 Å². The van der Waals surface area contributed by atoms with Gasteiger partial charge in [-0.2, -0.15) is 0 Å². The molecular formula is C46H34PSi2. The van der Waals surface area contributed by atoms with Gasteiger partial charge in [0.25, 0.3) is 0 Å². The van der Waals surface area contributed by atoms with Crippen molar-refractivity contribution in [2.75, 3.05) is 0 Å². The van der Waals surface area contributed by atoms with Crippen molar-refractivity contribution in [3.63, 3.8) is 0 Å². The first-order valence-corrected chi connectivity index (χ1v) is 20.5. The van der Waals surface area contributed by atoms with Crippen molar-refractivity contribution in [1.29, 1.82) is 0 Å². The Morgan fingerprint density at radius 3 is 1.45 bits per heavy atom. The van der Waals surface area contributed by atoms with Crippen LogP contribution in [0.3, 0.4) is 0 Å². The second-order valence-corrected chi connectivity index (χ2v) is 18.0. The highest BCUT2D eigenvalue weighted by atomic mass is 31.1. The maximum Gasteiger partial charge on any atom is 0.155 e. The lowest BCUT2D eigenvalue weighted by molar-refractivity contribution is 1.66. The second-order valence-electron chi connectivity index (χ2n) is 12.0. The van der Waals surface area contributed by atoms with Crippen LogP contribution >= 0.6 is 7.92 Å². The fourth-order valence-corrected chi connectivity index (χ4v) is 13.6. The lowest BCUT2D eigenvalue weighted by atomic mass is 10.1. The van der Waals surface area contributed by atoms with Crippen LogP contribution in [0.1, 0.15) is 0 Å². The monoisotopic (exact) mass is 673 g/mol. The van der Waals surface area contributed by atoms with E-state index in [0.717, 1.165) is 0 Å². The van der Waals surface area contributed by atoms with Gasteiger partial charge >= 0.3 is 0 Å². The molecule has 0 atom stereocenters. The van der Waals surface area contributed by atoms with Gasteiger partial charge in [-0.1, -0.05) is 222 Å². The van der Waals surface area contributed by atoms with Crippen molar-refractivity contribution in [1.82, 2.24) is 0 Å². The molecule has 0 bridgehead atoms. The largest absolute Gasteiger partial charge is 0.155 e. The Balaban J connectivity index is 1.28. The average Bonchev–Trinajstić information content (AvgIpc) is 3.17. The molecule has 0 aliphatic heterocycles. The van der Waals surface area contributed by atoms with Crippen molar-refractivity contribution in [3.05, 3.63) is 206 Å². The summed E-state index contributed by atoms with van der Waals surface area (Å²) in [5.74, 6) is 0. The molecule has 0 heterocycles. The quantitative estimate of drug-likeness (QED) is 0.0941. The zero-order valence-electron chi connectivity index (χ0n) is 27.1. The van der Waals surface area contributed by atoms with Gasteiger partial charge in [-0.3, -0.25) is 0 Å². The van der Waals surface area contributed by atoms with Gasteiger partial charge in [0.15, 0.2) is 8.80 Å². The smallest absolute Gasteiger partial charge is 0.0625 e. The summed E-state index contributed by atoms with van der Waals surface area (Å²) in [6.07, 6.45) is 0. The van der Waals surface area contributed by atoms with E-state index >= 15 is 0 Å². The first kappa shape index (κ1) is 31.2. The lowest BCUT2D eigenvalue weighted by Crippen LogP contribution is -2.52. The summed E-state index contributed by atoms with van der Waals surface area (Å²) in [7, 11) is -1.49. The molecule has 0 spiro atoms. The highest BCUT2D eigenvalue weighted by Crippen LogP contribution is 2.35. The summed E-state index contributed by atoms with van der Waals surface area (Å²) in [6.45, 7) is 0. The Bertz CT molecular complexity index is 2220. The Morgan fingerprint density at radius 2 is 0.837 bits per heavy atom. The van der Waals surface area contributed by atoms with E-state index < -0.39 is 16.7 Å². The standard InChI is InChI=1S/C46H34PSi2/c1-5-21-36(22-6-1)47(37-23-7-2-8-24-37)42-31-17-19-35-20-18-33-44(46(35)42)48-43-32-15-13-29-40(43)41-30-14-16-34-45(41)49(38-25-9-3-10-26-38)39-27-11-4-12-28-39/h1-34H. The first-order valence-electron chi connectivity index (χ1n) is 16.7. The van der Waals surface area contributed by atoms with E-state index in [9.17, 15) is 0 Å². The summed E-state index contributed by atoms with van der Waals surface area (Å²) in [5, 5.41) is 13.9. The number of hydrogen-bond acceptors (Lipinski definition) is 0. The average molecular weight is 674 g/mol. The predicted octanol–water partition coefficient (Wildman–Crippen LogP) is 6.44. The fraction of sp³-hybridized carbons (Fsp3) is 0. The van der Waals surface area contributed by atoms with Gasteiger partial charge in [0, 0.05) is 0 Å². The topological polar surface area (TPSA) is 0 Å². The number of rotatable bonds is 9. The van der Waals surface area contributed by atoms with Crippen LogP contribution < -0.4 is 41.8 Å². The summed E-state index contributed by atoms with van der Waals surface area (Å²) < 4.78 is 0. The molecule has 3 heteroatoms. The molecule has 3 radical (unpaired) electrons. The Morgan fingerprint density at radius 1 is 0.367 bits per heavy atom. The SMILES string of the molecule is c1ccc([Si](c2ccccc2)c2ccccc2-c2ccccc2[Si]c2cccc3cccc(P(c4ccccc4)c4ccccc4)c23)cc1. The molecule has 0 aromatic heterocycles. The zero-order valence-corrected chi connectivity index (χ0v) is 30.0. The molecule has 8 aromatic carbocycles. The van der Waals surface area contributed by atoms with Gasteiger partial charge in [0.1, 0.15) is 9.52 Å². The van der Waals surface area contributed by atoms with Gasteiger partial charge in [-0.15, -0.1) is 0 Å². The molecule has 231 valence electrons. The van der Waals surface area contributed by atoms with Crippen molar-refractivity contribution < 1.29 is 0 Å². The summed E-state index contributed by atoms with van der Waals surface area (Å²) in [5.41, 5.74) is 2.66. The minimum Gasteiger partial charge on any atom is -0.0625 e. The van der Waals surface area contributed by atoms with Crippen LogP contribution in [0.2, 0.25) is 0 Å². The van der Waals surface area contributed by atoms with Crippen molar-refractivity contribution >= 4 is 78.9 Å². The molecule has 0 amide bonds. The minimum atomic E-state index is -1.25. The molecule has 0 N–H and O–H groups in total. The highest BCUT2D eigenvalue weighted by molar-refractivity contribution is 7.80. The molecule has 0 aliphatic carbocycles. The van der Waals surface area contributed by atoms with Gasteiger partial charge in [0.05, 0.1) is 0 Å². The van der Waals surface area contributed by atoms with Gasteiger partial charge in [0.2, 0.25) is 0 Å². The predicted molar refractivity (Wildman–Crippen MR) is 217 cm³/mol. The zero-order chi connectivity index (χ0) is 32.8. The Kier molecular flexibility index (Phi) is 9.26. The first-order chi connectivity index (χ1) is 24.3. The van der Waals surface area contributed by atoms with Crippen LogP contribution in [0.5, 0.6) is 0 Å². The number of hydrogen-bond donors (Lipinski definition) is 0. The van der Waals surface area contributed by atoms with E-state index in [2.05, 4.69) is 206 Å². The van der Waals surface area contributed by atoms with Gasteiger partial charge < -0.3 is 0 Å². The van der Waals surface area contributed by atoms with E-state index in [4.69, 9.17) is 0 Å². The summed E-state index contributed by atoms with van der Waals surface area (Å²) >= 11 is 0. The fourth-order valence-electron chi connectivity index (χ4n) is 6.79. The highest BCUT2D eigenvalue weighted by Gasteiger charge is 2.24. The van der Waals surface area contributed by atoms with E-state index in [0.29, 0.717) is 9.52 Å². The molecule has 0 unspecified atom stereocenters. The number of benzene rings is 8. The van der Waals surface area contributed by atoms with Crippen molar-refractivity contribution in [2.45, 2.75) is 0 Å². The van der Waals surface area contributed by atoms with Crippen LogP contribution in [0, 0.1) is 0 Å². The van der Waals surface area contributed by atoms with Crippen LogP contribution in [-0.2, 0) is 0 Å². The van der Waals surface area contributed by atoms with Crippen LogP contribution in [-0.4, -0.2) is 18.3 Å². The normalized spacial score (nSPS) is 11.3. The molecule has 8 rings (SSSR count). The van der Waals surface area contributed by atoms with E-state index in [1.54, 1.807) is 0 Å². The Hall–Kier alpha value is -5.12. The lowest BCUT2D eigenvalue weighted by Gasteiger charge is -2.23. The third-order valence-electron chi connectivity index (χ3n) is 8.96. The van der Waals surface area contributed by atoms with Crippen LogP contribution in [0.4, 0.5) is 0 Å². The Labute approximate surface area is 295 Å². The van der Waals surface area contributed by atoms with Crippen LogP contribution in [0.15, 0.2) is 206 Å². The van der Waals surface area contributed by atoms with Crippen LogP contribution in [0.25, 0.3) is 21.9 Å². The molecular weight excluding hydrogens is 640 g/mol. The molecule has 0 fully saturated rings. The molecule has 8 aromatic rings. The summed E-state index contributed by atoms with van der Waals surface area (Å²) in [4.78, 5) is 0. The molecule has 0 saturated heterocycles. The van der Waals surface area contributed by atoms with E-state index in [-0.39, 0.29) is 0 Å².